The zero-order valence-electron chi connectivity index (χ0n) is 13.1. The lowest BCUT2D eigenvalue weighted by molar-refractivity contribution is -0.131. The van der Waals surface area contributed by atoms with E-state index in [-0.39, 0.29) is 4.90 Å². The molecule has 0 saturated carbocycles. The number of carboxylic acid groups (broad SMARTS) is 1. The van der Waals surface area contributed by atoms with Crippen molar-refractivity contribution in [3.63, 3.8) is 0 Å². The highest BCUT2D eigenvalue weighted by atomic mass is 32.2. The first-order valence-electron chi connectivity index (χ1n) is 7.47. The van der Waals surface area contributed by atoms with Crippen LogP contribution in [0.15, 0.2) is 77.7 Å². The van der Waals surface area contributed by atoms with Crippen molar-refractivity contribution in [3.8, 4) is 0 Å². The highest BCUT2D eigenvalue weighted by Gasteiger charge is 2.17. The molecule has 3 rings (SSSR count). The number of nitrogens with one attached hydrogen (secondary N) is 1. The maximum absolute atomic E-state index is 12.7. The summed E-state index contributed by atoms with van der Waals surface area (Å²) in [7, 11) is -3.74. The van der Waals surface area contributed by atoms with Gasteiger partial charge in [0.1, 0.15) is 0 Å². The molecule has 0 aliphatic carbocycles. The van der Waals surface area contributed by atoms with Crippen LogP contribution in [0.3, 0.4) is 0 Å². The Hall–Kier alpha value is -3.12. The van der Waals surface area contributed by atoms with Crippen LogP contribution in [0.2, 0.25) is 0 Å². The van der Waals surface area contributed by atoms with E-state index in [1.54, 1.807) is 48.5 Å². The summed E-state index contributed by atoms with van der Waals surface area (Å²) < 4.78 is 28.0. The molecule has 126 valence electrons. The smallest absolute Gasteiger partial charge is 0.328 e. The lowest BCUT2D eigenvalue weighted by atomic mass is 10.1. The molecular formula is C19H15NO4S. The molecule has 6 heteroatoms. The fraction of sp³-hybridized carbons (Fsp3) is 0. The Labute approximate surface area is 145 Å². The predicted octanol–water partition coefficient (Wildman–Crippen LogP) is 3.74. The monoisotopic (exact) mass is 353 g/mol. The molecule has 0 heterocycles. The van der Waals surface area contributed by atoms with Gasteiger partial charge in [-0.15, -0.1) is 0 Å². The molecule has 0 aliphatic heterocycles. The second kappa shape index (κ2) is 6.78. The number of rotatable bonds is 5. The molecule has 0 radical (unpaired) electrons. The molecule has 0 aliphatic rings. The Morgan fingerprint density at radius 3 is 2.32 bits per heavy atom. The van der Waals surface area contributed by atoms with Crippen LogP contribution in [0.4, 0.5) is 5.69 Å². The first-order valence-corrected chi connectivity index (χ1v) is 8.96. The predicted molar refractivity (Wildman–Crippen MR) is 97.9 cm³/mol. The third-order valence-electron chi connectivity index (χ3n) is 3.62. The van der Waals surface area contributed by atoms with Crippen LogP contribution in [-0.2, 0) is 14.8 Å². The van der Waals surface area contributed by atoms with Crippen LogP contribution in [0, 0.1) is 0 Å². The largest absolute Gasteiger partial charge is 0.478 e. The van der Waals surface area contributed by atoms with Gasteiger partial charge in [0.05, 0.1) is 4.90 Å². The summed E-state index contributed by atoms with van der Waals surface area (Å²) in [5.74, 6) is -1.04. The van der Waals surface area contributed by atoms with Crippen LogP contribution in [-0.4, -0.2) is 19.5 Å². The minimum atomic E-state index is -3.74. The summed E-state index contributed by atoms with van der Waals surface area (Å²) in [5.41, 5.74) is 1.07. The van der Waals surface area contributed by atoms with Crippen molar-refractivity contribution in [2.75, 3.05) is 4.72 Å². The van der Waals surface area contributed by atoms with E-state index in [9.17, 15) is 13.2 Å². The summed E-state index contributed by atoms with van der Waals surface area (Å²) in [6, 6.07) is 18.9. The van der Waals surface area contributed by atoms with E-state index in [0.717, 1.165) is 11.5 Å². The molecule has 3 aromatic rings. The SMILES string of the molecule is O=C(O)/C=C/c1ccc(NS(=O)(=O)c2cccc3ccccc23)cc1. The van der Waals surface area contributed by atoms with E-state index >= 15 is 0 Å². The number of hydrogen-bond acceptors (Lipinski definition) is 3. The molecule has 0 unspecified atom stereocenters. The minimum absolute atomic E-state index is 0.209. The van der Waals surface area contributed by atoms with Crippen molar-refractivity contribution in [1.82, 2.24) is 0 Å². The molecule has 3 aromatic carbocycles. The Kier molecular flexibility index (Phi) is 4.54. The molecule has 0 amide bonds. The standard InChI is InChI=1S/C19H15NO4S/c21-19(22)13-10-14-8-11-16(12-9-14)20-25(23,24)18-7-3-5-15-4-1-2-6-17(15)18/h1-13,20H,(H,21,22)/b13-10+. The second-order valence-electron chi connectivity index (χ2n) is 5.38. The third kappa shape index (κ3) is 3.87. The van der Waals surface area contributed by atoms with Crippen LogP contribution < -0.4 is 4.72 Å². The summed E-state index contributed by atoms with van der Waals surface area (Å²) in [6.07, 6.45) is 2.46. The molecule has 0 bridgehead atoms. The van der Waals surface area contributed by atoms with Crippen LogP contribution in [0.5, 0.6) is 0 Å². The van der Waals surface area contributed by atoms with Crippen molar-refractivity contribution in [1.29, 1.82) is 0 Å². The number of anilines is 1. The van der Waals surface area contributed by atoms with Crippen molar-refractivity contribution in [2.24, 2.45) is 0 Å². The van der Waals surface area contributed by atoms with E-state index in [4.69, 9.17) is 5.11 Å². The zero-order valence-corrected chi connectivity index (χ0v) is 13.9. The van der Waals surface area contributed by atoms with Gasteiger partial charge in [0.25, 0.3) is 10.0 Å². The lowest BCUT2D eigenvalue weighted by Gasteiger charge is -2.10. The van der Waals surface area contributed by atoms with Gasteiger partial charge in [0.15, 0.2) is 0 Å². The van der Waals surface area contributed by atoms with Crippen molar-refractivity contribution in [3.05, 3.63) is 78.4 Å². The quantitative estimate of drug-likeness (QED) is 0.685. The van der Waals surface area contributed by atoms with Gasteiger partial charge in [0.2, 0.25) is 0 Å². The topological polar surface area (TPSA) is 83.5 Å². The van der Waals surface area contributed by atoms with E-state index in [2.05, 4.69) is 4.72 Å². The Morgan fingerprint density at radius 2 is 1.60 bits per heavy atom. The average molecular weight is 353 g/mol. The van der Waals surface area contributed by atoms with Crippen molar-refractivity contribution in [2.45, 2.75) is 4.90 Å². The number of aliphatic carboxylic acids is 1. The van der Waals surface area contributed by atoms with Crippen molar-refractivity contribution >= 4 is 38.5 Å². The number of fused-ring (bicyclic) bond motifs is 1. The molecule has 0 spiro atoms. The molecule has 25 heavy (non-hydrogen) atoms. The molecule has 0 atom stereocenters. The van der Waals surface area contributed by atoms with Crippen LogP contribution in [0.25, 0.3) is 16.8 Å². The molecular weight excluding hydrogens is 338 g/mol. The molecule has 0 fully saturated rings. The van der Waals surface area contributed by atoms with Gasteiger partial charge < -0.3 is 5.11 Å². The Balaban J connectivity index is 1.90. The zero-order chi connectivity index (χ0) is 17.9. The minimum Gasteiger partial charge on any atom is -0.478 e. The number of sulfonamides is 1. The van der Waals surface area contributed by atoms with Gasteiger partial charge >= 0.3 is 5.97 Å². The third-order valence-corrected chi connectivity index (χ3v) is 5.06. The average Bonchev–Trinajstić information content (AvgIpc) is 2.60. The van der Waals surface area contributed by atoms with E-state index in [1.165, 1.54) is 6.08 Å². The summed E-state index contributed by atoms with van der Waals surface area (Å²) in [4.78, 5) is 10.7. The maximum Gasteiger partial charge on any atom is 0.328 e. The summed E-state index contributed by atoms with van der Waals surface area (Å²) in [5, 5.41) is 10.1. The summed E-state index contributed by atoms with van der Waals surface area (Å²) >= 11 is 0. The van der Waals surface area contributed by atoms with Crippen molar-refractivity contribution < 1.29 is 18.3 Å². The molecule has 0 saturated heterocycles. The normalized spacial score (nSPS) is 11.7. The first-order chi connectivity index (χ1) is 12.0. The summed E-state index contributed by atoms with van der Waals surface area (Å²) in [6.45, 7) is 0. The maximum atomic E-state index is 12.7. The highest BCUT2D eigenvalue weighted by molar-refractivity contribution is 7.93. The lowest BCUT2D eigenvalue weighted by Crippen LogP contribution is -2.13. The van der Waals surface area contributed by atoms with Crippen LogP contribution in [0.1, 0.15) is 5.56 Å². The highest BCUT2D eigenvalue weighted by Crippen LogP contribution is 2.25. The Morgan fingerprint density at radius 1 is 0.920 bits per heavy atom. The fourth-order valence-electron chi connectivity index (χ4n) is 2.47. The van der Waals surface area contributed by atoms with E-state index in [1.807, 2.05) is 18.2 Å². The second-order valence-corrected chi connectivity index (χ2v) is 7.03. The van der Waals surface area contributed by atoms with Gasteiger partial charge in [-0.1, -0.05) is 48.5 Å². The number of benzene rings is 3. The van der Waals surface area contributed by atoms with E-state index < -0.39 is 16.0 Å². The van der Waals surface area contributed by atoms with Gasteiger partial charge in [-0.2, -0.15) is 0 Å². The molecule has 5 nitrogen and oxygen atoms in total. The van der Waals surface area contributed by atoms with Gasteiger partial charge in [0, 0.05) is 17.1 Å². The molecule has 0 aromatic heterocycles. The Bertz CT molecular complexity index is 1050. The van der Waals surface area contributed by atoms with E-state index in [0.29, 0.717) is 16.6 Å². The van der Waals surface area contributed by atoms with Gasteiger partial charge in [-0.25, -0.2) is 13.2 Å². The number of carbonyl (C=O) groups is 1. The van der Waals surface area contributed by atoms with Gasteiger partial charge in [-0.05, 0) is 35.2 Å². The first kappa shape index (κ1) is 16.7. The fourth-order valence-corrected chi connectivity index (χ4v) is 3.76. The number of hydrogen-bond donors (Lipinski definition) is 2. The molecule has 2 N–H and O–H groups in total. The van der Waals surface area contributed by atoms with Crippen LogP contribution >= 0.6 is 0 Å². The number of carboxylic acids is 1. The van der Waals surface area contributed by atoms with Gasteiger partial charge in [-0.3, -0.25) is 4.72 Å².